The van der Waals surface area contributed by atoms with Crippen LogP contribution in [0.3, 0.4) is 0 Å². The number of fused-ring (bicyclic) bond motifs is 1. The Morgan fingerprint density at radius 2 is 2.10 bits per heavy atom. The standard InChI is InChI=1S/C17H21N3O/c1-12-6-7-17(21)15(19-12)11-20-10-13(8-9-18)14-4-2-3-5-16(14)20/h2-7,13,21H,8-11,18H2,1H3. The summed E-state index contributed by atoms with van der Waals surface area (Å²) in [5, 5.41) is 10.0. The highest BCUT2D eigenvalue weighted by Crippen LogP contribution is 2.38. The lowest BCUT2D eigenvalue weighted by molar-refractivity contribution is 0.462. The Hall–Kier alpha value is -2.07. The van der Waals surface area contributed by atoms with E-state index >= 15 is 0 Å². The molecular weight excluding hydrogens is 262 g/mol. The van der Waals surface area contributed by atoms with Crippen molar-refractivity contribution in [3.63, 3.8) is 0 Å². The summed E-state index contributed by atoms with van der Waals surface area (Å²) in [5.41, 5.74) is 9.99. The molecule has 1 aromatic heterocycles. The van der Waals surface area contributed by atoms with Gasteiger partial charge < -0.3 is 15.7 Å². The van der Waals surface area contributed by atoms with Gasteiger partial charge in [-0.25, -0.2) is 0 Å². The van der Waals surface area contributed by atoms with E-state index in [4.69, 9.17) is 5.73 Å². The highest BCUT2D eigenvalue weighted by Gasteiger charge is 2.28. The Bertz CT molecular complexity index is 642. The number of pyridine rings is 1. The summed E-state index contributed by atoms with van der Waals surface area (Å²) in [6.07, 6.45) is 0.987. The van der Waals surface area contributed by atoms with Crippen LogP contribution in [-0.2, 0) is 6.54 Å². The molecular formula is C17H21N3O. The maximum absolute atomic E-state index is 10.0. The minimum Gasteiger partial charge on any atom is -0.506 e. The number of benzene rings is 1. The number of aromatic hydroxyl groups is 1. The molecule has 2 aromatic rings. The summed E-state index contributed by atoms with van der Waals surface area (Å²) < 4.78 is 0. The number of anilines is 1. The first-order chi connectivity index (χ1) is 10.2. The van der Waals surface area contributed by atoms with E-state index in [1.807, 2.05) is 13.0 Å². The Labute approximate surface area is 125 Å². The first kappa shape index (κ1) is 13.9. The first-order valence-electron chi connectivity index (χ1n) is 7.38. The van der Waals surface area contributed by atoms with Crippen LogP contribution in [0.15, 0.2) is 36.4 Å². The predicted molar refractivity (Wildman–Crippen MR) is 84.5 cm³/mol. The van der Waals surface area contributed by atoms with Gasteiger partial charge in [-0.1, -0.05) is 18.2 Å². The van der Waals surface area contributed by atoms with Crippen LogP contribution in [0.2, 0.25) is 0 Å². The van der Waals surface area contributed by atoms with Crippen molar-refractivity contribution >= 4 is 5.69 Å². The fraction of sp³-hybridized carbons (Fsp3) is 0.353. The summed E-state index contributed by atoms with van der Waals surface area (Å²) >= 11 is 0. The molecule has 1 aliphatic rings. The first-order valence-corrected chi connectivity index (χ1v) is 7.38. The second-order valence-corrected chi connectivity index (χ2v) is 5.63. The third kappa shape index (κ3) is 2.72. The van der Waals surface area contributed by atoms with Crippen LogP contribution in [0, 0.1) is 6.92 Å². The highest BCUT2D eigenvalue weighted by molar-refractivity contribution is 5.60. The molecule has 110 valence electrons. The lowest BCUT2D eigenvalue weighted by Crippen LogP contribution is -2.23. The molecule has 0 radical (unpaired) electrons. The molecule has 1 atom stereocenters. The second kappa shape index (κ2) is 5.74. The van der Waals surface area contributed by atoms with Crippen molar-refractivity contribution in [2.24, 2.45) is 5.73 Å². The van der Waals surface area contributed by atoms with Crippen LogP contribution in [0.1, 0.15) is 29.3 Å². The zero-order valence-electron chi connectivity index (χ0n) is 12.3. The minimum absolute atomic E-state index is 0.264. The van der Waals surface area contributed by atoms with Gasteiger partial charge >= 0.3 is 0 Å². The van der Waals surface area contributed by atoms with E-state index in [1.54, 1.807) is 6.07 Å². The maximum atomic E-state index is 10.0. The Morgan fingerprint density at radius 3 is 2.90 bits per heavy atom. The zero-order valence-corrected chi connectivity index (χ0v) is 12.3. The molecule has 0 bridgehead atoms. The Morgan fingerprint density at radius 1 is 1.29 bits per heavy atom. The lowest BCUT2D eigenvalue weighted by Gasteiger charge is -2.20. The zero-order chi connectivity index (χ0) is 14.8. The van der Waals surface area contributed by atoms with Crippen molar-refractivity contribution in [3.8, 4) is 5.75 Å². The fourth-order valence-electron chi connectivity index (χ4n) is 3.08. The number of nitrogens with two attached hydrogens (primary N) is 1. The van der Waals surface area contributed by atoms with Crippen LogP contribution >= 0.6 is 0 Å². The van der Waals surface area contributed by atoms with Crippen LogP contribution in [-0.4, -0.2) is 23.2 Å². The third-order valence-corrected chi connectivity index (χ3v) is 4.10. The summed E-state index contributed by atoms with van der Waals surface area (Å²) in [4.78, 5) is 6.75. The predicted octanol–water partition coefficient (Wildman–Crippen LogP) is 2.55. The van der Waals surface area contributed by atoms with Crippen LogP contribution in [0.25, 0.3) is 0 Å². The Kier molecular flexibility index (Phi) is 3.80. The topological polar surface area (TPSA) is 62.4 Å². The van der Waals surface area contributed by atoms with Gasteiger partial charge in [0, 0.05) is 23.8 Å². The molecule has 0 saturated carbocycles. The number of aryl methyl sites for hydroxylation is 1. The largest absolute Gasteiger partial charge is 0.506 e. The lowest BCUT2D eigenvalue weighted by atomic mass is 9.98. The summed E-state index contributed by atoms with van der Waals surface area (Å²) in [6.45, 7) is 4.20. The number of rotatable bonds is 4. The van der Waals surface area contributed by atoms with E-state index in [0.717, 1.165) is 24.4 Å². The molecule has 0 aliphatic carbocycles. The second-order valence-electron chi connectivity index (χ2n) is 5.63. The van der Waals surface area contributed by atoms with Crippen LogP contribution in [0.4, 0.5) is 5.69 Å². The molecule has 0 amide bonds. The van der Waals surface area contributed by atoms with E-state index in [9.17, 15) is 5.11 Å². The average molecular weight is 283 g/mol. The number of hydrogen-bond donors (Lipinski definition) is 2. The number of hydrogen-bond acceptors (Lipinski definition) is 4. The summed E-state index contributed by atoms with van der Waals surface area (Å²) in [7, 11) is 0. The van der Waals surface area contributed by atoms with E-state index in [2.05, 4.69) is 34.1 Å². The fourth-order valence-corrected chi connectivity index (χ4v) is 3.08. The molecule has 2 heterocycles. The molecule has 0 spiro atoms. The van der Waals surface area contributed by atoms with Crippen molar-refractivity contribution in [2.45, 2.75) is 25.8 Å². The molecule has 0 fully saturated rings. The van der Waals surface area contributed by atoms with Gasteiger partial charge in [-0.3, -0.25) is 4.98 Å². The molecule has 4 heteroatoms. The van der Waals surface area contributed by atoms with Crippen LogP contribution < -0.4 is 10.6 Å². The molecule has 3 N–H and O–H groups in total. The minimum atomic E-state index is 0.264. The monoisotopic (exact) mass is 283 g/mol. The van der Waals surface area contributed by atoms with Crippen LogP contribution in [0.5, 0.6) is 5.75 Å². The van der Waals surface area contributed by atoms with Gasteiger partial charge in [0.15, 0.2) is 0 Å². The molecule has 1 aliphatic heterocycles. The summed E-state index contributed by atoms with van der Waals surface area (Å²) in [5.74, 6) is 0.735. The maximum Gasteiger partial charge on any atom is 0.138 e. The number of nitrogens with zero attached hydrogens (tertiary/aromatic N) is 2. The van der Waals surface area contributed by atoms with E-state index < -0.39 is 0 Å². The average Bonchev–Trinajstić information content (AvgIpc) is 2.82. The van der Waals surface area contributed by atoms with Gasteiger partial charge in [0.1, 0.15) is 11.4 Å². The van der Waals surface area contributed by atoms with Gasteiger partial charge in [0.25, 0.3) is 0 Å². The third-order valence-electron chi connectivity index (χ3n) is 4.10. The van der Waals surface area contributed by atoms with Crippen molar-refractivity contribution < 1.29 is 5.11 Å². The number of para-hydroxylation sites is 1. The molecule has 1 unspecified atom stereocenters. The van der Waals surface area contributed by atoms with E-state index in [1.165, 1.54) is 11.3 Å². The van der Waals surface area contributed by atoms with Crippen molar-refractivity contribution in [3.05, 3.63) is 53.3 Å². The van der Waals surface area contributed by atoms with E-state index in [0.29, 0.717) is 19.0 Å². The van der Waals surface area contributed by atoms with Gasteiger partial charge in [-0.2, -0.15) is 0 Å². The highest BCUT2D eigenvalue weighted by atomic mass is 16.3. The smallest absolute Gasteiger partial charge is 0.138 e. The van der Waals surface area contributed by atoms with Gasteiger partial charge in [0.2, 0.25) is 0 Å². The summed E-state index contributed by atoms with van der Waals surface area (Å²) in [6, 6.07) is 12.0. The molecule has 4 nitrogen and oxygen atoms in total. The van der Waals surface area contributed by atoms with E-state index in [-0.39, 0.29) is 5.75 Å². The van der Waals surface area contributed by atoms with Gasteiger partial charge in [-0.05, 0) is 43.7 Å². The van der Waals surface area contributed by atoms with Crippen molar-refractivity contribution in [2.75, 3.05) is 18.0 Å². The Balaban J connectivity index is 1.88. The SMILES string of the molecule is Cc1ccc(O)c(CN2CC(CCN)c3ccccc32)n1. The van der Waals surface area contributed by atoms with Gasteiger partial charge in [0.05, 0.1) is 6.54 Å². The van der Waals surface area contributed by atoms with Gasteiger partial charge in [-0.15, -0.1) is 0 Å². The quantitative estimate of drug-likeness (QED) is 0.905. The van der Waals surface area contributed by atoms with Crippen molar-refractivity contribution in [1.29, 1.82) is 0 Å². The molecule has 0 saturated heterocycles. The molecule has 1 aromatic carbocycles. The molecule has 3 rings (SSSR count). The molecule has 21 heavy (non-hydrogen) atoms. The normalized spacial score (nSPS) is 17.0. The van der Waals surface area contributed by atoms with Crippen molar-refractivity contribution in [1.82, 2.24) is 4.98 Å². The number of aromatic nitrogens is 1.